The van der Waals surface area contributed by atoms with Crippen molar-refractivity contribution in [2.24, 2.45) is 0 Å². The Hall–Kier alpha value is -1.78. The number of hydrogen-bond acceptors (Lipinski definition) is 5. The van der Waals surface area contributed by atoms with Crippen molar-refractivity contribution in [3.63, 3.8) is 0 Å². The Morgan fingerprint density at radius 2 is 1.33 bits per heavy atom. The molecule has 2 fully saturated rings. The molecule has 0 spiro atoms. The lowest BCUT2D eigenvalue weighted by Crippen LogP contribution is -2.47. The molecule has 0 saturated carbocycles. The molecule has 33 heavy (non-hydrogen) atoms. The molecular formula is C24H33N3O4S2. The molecule has 7 nitrogen and oxygen atoms in total. The third-order valence-electron chi connectivity index (χ3n) is 6.64. The van der Waals surface area contributed by atoms with Crippen LogP contribution < -0.4 is 0 Å². The maximum atomic E-state index is 13.3. The lowest BCUT2D eigenvalue weighted by molar-refractivity contribution is 0.140. The third kappa shape index (κ3) is 5.17. The smallest absolute Gasteiger partial charge is 0.244 e. The maximum absolute atomic E-state index is 13.3. The van der Waals surface area contributed by atoms with Crippen molar-refractivity contribution in [3.8, 4) is 0 Å². The second-order valence-corrected chi connectivity index (χ2v) is 12.9. The molecule has 0 amide bonds. The predicted molar refractivity (Wildman–Crippen MR) is 128 cm³/mol. The first-order valence-electron chi connectivity index (χ1n) is 11.6. The molecule has 4 rings (SSSR count). The second-order valence-electron chi connectivity index (χ2n) is 9.15. The molecule has 2 heterocycles. The van der Waals surface area contributed by atoms with Crippen LogP contribution in [0.2, 0.25) is 0 Å². The Morgan fingerprint density at radius 1 is 0.758 bits per heavy atom. The highest BCUT2D eigenvalue weighted by molar-refractivity contribution is 7.89. The summed E-state index contributed by atoms with van der Waals surface area (Å²) in [6.07, 6.45) is 3.45. The first kappa shape index (κ1) is 24.3. The van der Waals surface area contributed by atoms with E-state index >= 15 is 0 Å². The normalized spacial score (nSPS) is 24.1. The fraction of sp³-hybridized carbons (Fsp3) is 0.500. The van der Waals surface area contributed by atoms with Gasteiger partial charge in [0, 0.05) is 31.7 Å². The summed E-state index contributed by atoms with van der Waals surface area (Å²) in [4.78, 5) is 2.39. The number of sulfonamides is 2. The Morgan fingerprint density at radius 3 is 1.94 bits per heavy atom. The van der Waals surface area contributed by atoms with Crippen LogP contribution in [-0.4, -0.2) is 62.2 Å². The summed E-state index contributed by atoms with van der Waals surface area (Å²) in [7, 11) is -7.39. The summed E-state index contributed by atoms with van der Waals surface area (Å²) in [5.74, 6) is 0. The summed E-state index contributed by atoms with van der Waals surface area (Å²) in [6.45, 7) is 6.17. The van der Waals surface area contributed by atoms with Crippen LogP contribution in [0.5, 0.6) is 0 Å². The SMILES string of the molecule is CC1CCCC(C)N1S(=O)(=O)c1ccc(S(=O)(=O)N2CCCN(Cc3ccccc3)C2)cc1. The van der Waals surface area contributed by atoms with Crippen molar-refractivity contribution in [3.05, 3.63) is 60.2 Å². The lowest BCUT2D eigenvalue weighted by Gasteiger charge is -2.37. The minimum atomic E-state index is -3.71. The monoisotopic (exact) mass is 491 g/mol. The van der Waals surface area contributed by atoms with E-state index in [9.17, 15) is 16.8 Å². The van der Waals surface area contributed by atoms with Crippen LogP contribution in [0.1, 0.15) is 45.1 Å². The quantitative estimate of drug-likeness (QED) is 0.618. The summed E-state index contributed by atoms with van der Waals surface area (Å²) < 4.78 is 56.1. The standard InChI is InChI=1S/C24H33N3O4S2/c1-20-8-6-9-21(2)27(20)33(30,31)24-14-12-23(13-15-24)32(28,29)26-17-7-16-25(19-26)18-22-10-4-3-5-11-22/h3-5,10-15,20-21H,6-9,16-19H2,1-2H3. The Balaban J connectivity index is 1.50. The fourth-order valence-electron chi connectivity index (χ4n) is 4.93. The molecule has 0 N–H and O–H groups in total. The van der Waals surface area contributed by atoms with Gasteiger partial charge in [0.25, 0.3) is 0 Å². The number of benzene rings is 2. The maximum Gasteiger partial charge on any atom is 0.244 e. The van der Waals surface area contributed by atoms with Crippen LogP contribution in [0.25, 0.3) is 0 Å². The molecule has 0 radical (unpaired) electrons. The molecule has 180 valence electrons. The lowest BCUT2D eigenvalue weighted by atomic mass is 10.0. The molecule has 2 unspecified atom stereocenters. The molecule has 2 aliphatic rings. The van der Waals surface area contributed by atoms with Gasteiger partial charge in [0.15, 0.2) is 0 Å². The molecule has 2 atom stereocenters. The van der Waals surface area contributed by atoms with Gasteiger partial charge in [-0.2, -0.15) is 8.61 Å². The highest BCUT2D eigenvalue weighted by Gasteiger charge is 2.36. The average Bonchev–Trinajstić information content (AvgIpc) is 2.80. The molecule has 2 aromatic carbocycles. The van der Waals surface area contributed by atoms with Crippen LogP contribution in [-0.2, 0) is 26.6 Å². The molecule has 2 aliphatic heterocycles. The van der Waals surface area contributed by atoms with Gasteiger partial charge < -0.3 is 0 Å². The minimum absolute atomic E-state index is 0.0638. The van der Waals surface area contributed by atoms with Crippen molar-refractivity contribution >= 4 is 20.0 Å². The fourth-order valence-corrected chi connectivity index (χ4v) is 8.27. The first-order chi connectivity index (χ1) is 15.7. The van der Waals surface area contributed by atoms with Crippen molar-refractivity contribution < 1.29 is 16.8 Å². The zero-order valence-corrected chi connectivity index (χ0v) is 20.9. The largest absolute Gasteiger partial charge is 0.285 e. The van der Waals surface area contributed by atoms with Gasteiger partial charge in [0.2, 0.25) is 20.0 Å². The van der Waals surface area contributed by atoms with Crippen molar-refractivity contribution in [2.75, 3.05) is 19.8 Å². The van der Waals surface area contributed by atoms with Crippen LogP contribution in [0, 0.1) is 0 Å². The average molecular weight is 492 g/mol. The van der Waals surface area contributed by atoms with Gasteiger partial charge in [0.1, 0.15) is 0 Å². The van der Waals surface area contributed by atoms with E-state index in [0.29, 0.717) is 19.8 Å². The topological polar surface area (TPSA) is 78.0 Å². The highest BCUT2D eigenvalue weighted by atomic mass is 32.2. The third-order valence-corrected chi connectivity index (χ3v) is 10.6. The molecule has 9 heteroatoms. The van der Waals surface area contributed by atoms with E-state index in [1.807, 2.05) is 44.2 Å². The number of hydrogen-bond donors (Lipinski definition) is 0. The Labute approximate surface area is 198 Å². The molecule has 0 aliphatic carbocycles. The van der Waals surface area contributed by atoms with Crippen LogP contribution in [0.4, 0.5) is 0 Å². The van der Waals surface area contributed by atoms with Gasteiger partial charge in [-0.25, -0.2) is 16.8 Å². The molecule has 2 saturated heterocycles. The summed E-state index contributed by atoms with van der Waals surface area (Å²) in [5, 5.41) is 0. The van der Waals surface area contributed by atoms with Gasteiger partial charge in [-0.05, 0) is 62.9 Å². The summed E-state index contributed by atoms with van der Waals surface area (Å²) >= 11 is 0. The van der Waals surface area contributed by atoms with Crippen LogP contribution >= 0.6 is 0 Å². The zero-order chi connectivity index (χ0) is 23.6. The van der Waals surface area contributed by atoms with E-state index in [0.717, 1.165) is 37.8 Å². The zero-order valence-electron chi connectivity index (χ0n) is 19.3. The number of nitrogens with zero attached hydrogens (tertiary/aromatic N) is 3. The Bertz CT molecular complexity index is 1140. The van der Waals surface area contributed by atoms with E-state index in [4.69, 9.17) is 0 Å². The first-order valence-corrected chi connectivity index (χ1v) is 14.5. The van der Waals surface area contributed by atoms with Gasteiger partial charge >= 0.3 is 0 Å². The van der Waals surface area contributed by atoms with E-state index in [1.165, 1.54) is 28.6 Å². The molecule has 0 bridgehead atoms. The van der Waals surface area contributed by atoms with E-state index in [1.54, 1.807) is 4.31 Å². The molecule has 2 aromatic rings. The van der Waals surface area contributed by atoms with E-state index < -0.39 is 20.0 Å². The number of piperidine rings is 1. The second kappa shape index (κ2) is 9.84. The predicted octanol–water partition coefficient (Wildman–Crippen LogP) is 3.49. The van der Waals surface area contributed by atoms with Gasteiger partial charge in [-0.1, -0.05) is 36.8 Å². The van der Waals surface area contributed by atoms with Crippen molar-refractivity contribution in [1.82, 2.24) is 13.5 Å². The van der Waals surface area contributed by atoms with Crippen molar-refractivity contribution in [1.29, 1.82) is 0 Å². The van der Waals surface area contributed by atoms with Gasteiger partial charge in [0.05, 0.1) is 16.5 Å². The van der Waals surface area contributed by atoms with E-state index in [2.05, 4.69) is 4.90 Å². The highest BCUT2D eigenvalue weighted by Crippen LogP contribution is 2.30. The number of rotatable bonds is 6. The van der Waals surface area contributed by atoms with E-state index in [-0.39, 0.29) is 21.9 Å². The summed E-state index contributed by atoms with van der Waals surface area (Å²) in [5.41, 5.74) is 1.15. The molecular weight excluding hydrogens is 458 g/mol. The summed E-state index contributed by atoms with van der Waals surface area (Å²) in [6, 6.07) is 15.6. The van der Waals surface area contributed by atoms with Crippen LogP contribution in [0.15, 0.2) is 64.4 Å². The minimum Gasteiger partial charge on any atom is -0.285 e. The van der Waals surface area contributed by atoms with Crippen LogP contribution in [0.3, 0.4) is 0 Å². The van der Waals surface area contributed by atoms with Gasteiger partial charge in [-0.15, -0.1) is 0 Å². The Kier molecular flexibility index (Phi) is 7.26. The van der Waals surface area contributed by atoms with Crippen molar-refractivity contribution in [2.45, 2.75) is 68.0 Å². The van der Waals surface area contributed by atoms with Gasteiger partial charge in [-0.3, -0.25) is 4.90 Å². The molecule has 0 aromatic heterocycles.